The van der Waals surface area contributed by atoms with Crippen LogP contribution < -0.4 is 5.32 Å². The van der Waals surface area contributed by atoms with Gasteiger partial charge in [0.05, 0.1) is 6.04 Å². The van der Waals surface area contributed by atoms with E-state index in [0.717, 1.165) is 31.5 Å². The molecule has 0 aliphatic carbocycles. The van der Waals surface area contributed by atoms with Gasteiger partial charge in [0.25, 0.3) is 5.91 Å². The van der Waals surface area contributed by atoms with E-state index in [9.17, 15) is 4.79 Å². The fourth-order valence-electron chi connectivity index (χ4n) is 3.38. The molecule has 1 N–H and O–H groups in total. The molecule has 114 valence electrons. The maximum Gasteiger partial charge on any atom is 0.253 e. The maximum absolute atomic E-state index is 12.8. The zero-order valence-corrected chi connectivity index (χ0v) is 13.0. The van der Waals surface area contributed by atoms with E-state index in [1.54, 1.807) is 7.11 Å². The van der Waals surface area contributed by atoms with E-state index in [2.05, 4.69) is 5.32 Å². The van der Waals surface area contributed by atoms with Crippen LogP contribution in [0.3, 0.4) is 0 Å². The van der Waals surface area contributed by atoms with Gasteiger partial charge >= 0.3 is 0 Å². The molecular formula is C16H21ClN2O2. The Kier molecular flexibility index (Phi) is 4.48. The Balaban J connectivity index is 1.89. The molecule has 3 rings (SSSR count). The van der Waals surface area contributed by atoms with Crippen molar-refractivity contribution in [3.05, 3.63) is 34.9 Å². The first-order chi connectivity index (χ1) is 10.2. The highest BCUT2D eigenvalue weighted by Crippen LogP contribution is 2.28. The highest BCUT2D eigenvalue weighted by Gasteiger charge is 2.40. The van der Waals surface area contributed by atoms with E-state index < -0.39 is 6.10 Å². The van der Waals surface area contributed by atoms with Crippen molar-refractivity contribution in [1.29, 1.82) is 0 Å². The average Bonchev–Trinajstić information content (AvgIpc) is 2.65. The van der Waals surface area contributed by atoms with Crippen molar-refractivity contribution in [1.82, 2.24) is 10.2 Å². The number of nitrogens with one attached hydrogen (secondary N) is 1. The summed E-state index contributed by atoms with van der Waals surface area (Å²) in [6.07, 6.45) is 2.88. The van der Waals surface area contributed by atoms with Crippen molar-refractivity contribution in [3.8, 4) is 0 Å². The van der Waals surface area contributed by atoms with Crippen LogP contribution in [0.4, 0.5) is 0 Å². The summed E-state index contributed by atoms with van der Waals surface area (Å²) in [5.74, 6) is 0.104. The number of rotatable bonds is 2. The van der Waals surface area contributed by atoms with E-state index in [-0.39, 0.29) is 11.9 Å². The second-order valence-corrected chi connectivity index (χ2v) is 6.21. The molecule has 2 saturated heterocycles. The van der Waals surface area contributed by atoms with Crippen LogP contribution in [0.25, 0.3) is 0 Å². The number of carbonyl (C=O) groups excluding carboxylic acids is 1. The molecular weight excluding hydrogens is 288 g/mol. The number of hydrogen-bond acceptors (Lipinski definition) is 3. The highest BCUT2D eigenvalue weighted by atomic mass is 35.5. The number of benzene rings is 1. The first kappa shape index (κ1) is 14.8. The number of carbonyl (C=O) groups is 1. The minimum absolute atomic E-state index is 0.104. The number of ether oxygens (including phenoxy) is 1. The smallest absolute Gasteiger partial charge is 0.253 e. The van der Waals surface area contributed by atoms with E-state index in [4.69, 9.17) is 16.3 Å². The summed E-state index contributed by atoms with van der Waals surface area (Å²) in [4.78, 5) is 14.8. The molecule has 1 aromatic carbocycles. The van der Waals surface area contributed by atoms with Crippen LogP contribution in [-0.2, 0) is 9.53 Å². The third kappa shape index (κ3) is 2.93. The molecule has 2 aliphatic heterocycles. The summed E-state index contributed by atoms with van der Waals surface area (Å²) in [5, 5.41) is 4.22. The lowest BCUT2D eigenvalue weighted by Gasteiger charge is -2.35. The highest BCUT2D eigenvalue weighted by molar-refractivity contribution is 6.30. The molecule has 0 aromatic heterocycles. The summed E-state index contributed by atoms with van der Waals surface area (Å²) >= 11 is 5.95. The number of halogens is 1. The standard InChI is InChI=1S/C16H21ClN2O2/c1-21-15-14(11-5-7-12(17)8-6-11)18-10-13-4-2-3-9-19(13)16(15)20/h5-8,13-15,18H,2-4,9-10H2,1H3/t13-,14-,15+/m1/s1. The van der Waals surface area contributed by atoms with Gasteiger partial charge in [0.15, 0.2) is 6.10 Å². The Labute approximate surface area is 130 Å². The van der Waals surface area contributed by atoms with Crippen LogP contribution in [0, 0.1) is 0 Å². The molecule has 0 spiro atoms. The minimum Gasteiger partial charge on any atom is -0.370 e. The molecule has 0 bridgehead atoms. The second-order valence-electron chi connectivity index (χ2n) is 5.78. The molecule has 3 atom stereocenters. The zero-order chi connectivity index (χ0) is 14.8. The zero-order valence-electron chi connectivity index (χ0n) is 12.2. The normalized spacial score (nSPS) is 29.9. The number of fused-ring (bicyclic) bond motifs is 1. The van der Waals surface area contributed by atoms with E-state index >= 15 is 0 Å². The SMILES string of the molecule is CO[C@@H]1C(=O)N2CCCC[C@@H]2CN[C@@H]1c1ccc(Cl)cc1. The third-order valence-corrected chi connectivity index (χ3v) is 4.76. The van der Waals surface area contributed by atoms with Gasteiger partial charge in [0, 0.05) is 31.3 Å². The van der Waals surface area contributed by atoms with E-state index in [1.807, 2.05) is 29.2 Å². The van der Waals surface area contributed by atoms with Crippen LogP contribution in [0.15, 0.2) is 24.3 Å². The molecule has 0 unspecified atom stereocenters. The van der Waals surface area contributed by atoms with Crippen molar-refractivity contribution >= 4 is 17.5 Å². The lowest BCUT2D eigenvalue weighted by molar-refractivity contribution is -0.145. The van der Waals surface area contributed by atoms with Crippen molar-refractivity contribution < 1.29 is 9.53 Å². The predicted molar refractivity (Wildman–Crippen MR) is 82.3 cm³/mol. The van der Waals surface area contributed by atoms with Gasteiger partial charge in [-0.05, 0) is 37.0 Å². The Morgan fingerprint density at radius 1 is 1.29 bits per heavy atom. The van der Waals surface area contributed by atoms with Gasteiger partial charge in [-0.2, -0.15) is 0 Å². The van der Waals surface area contributed by atoms with Gasteiger partial charge in [0.2, 0.25) is 0 Å². The van der Waals surface area contributed by atoms with Gasteiger partial charge in [-0.1, -0.05) is 23.7 Å². The van der Waals surface area contributed by atoms with Gasteiger partial charge in [-0.3, -0.25) is 4.79 Å². The first-order valence-corrected chi connectivity index (χ1v) is 7.90. The largest absolute Gasteiger partial charge is 0.370 e. The van der Waals surface area contributed by atoms with Gasteiger partial charge in [0.1, 0.15) is 0 Å². The van der Waals surface area contributed by atoms with Gasteiger partial charge in [-0.15, -0.1) is 0 Å². The molecule has 0 saturated carbocycles. The van der Waals surface area contributed by atoms with Crippen molar-refractivity contribution in [2.45, 2.75) is 37.5 Å². The van der Waals surface area contributed by atoms with E-state index in [0.29, 0.717) is 11.1 Å². The van der Waals surface area contributed by atoms with Gasteiger partial charge in [-0.25, -0.2) is 0 Å². The number of nitrogens with zero attached hydrogens (tertiary/aromatic N) is 1. The molecule has 5 heteroatoms. The summed E-state index contributed by atoms with van der Waals surface area (Å²) in [5.41, 5.74) is 1.04. The Bertz CT molecular complexity index is 506. The van der Waals surface area contributed by atoms with Crippen molar-refractivity contribution in [3.63, 3.8) is 0 Å². The molecule has 2 aliphatic rings. The van der Waals surface area contributed by atoms with Crippen LogP contribution in [-0.4, -0.2) is 43.2 Å². The van der Waals surface area contributed by atoms with Crippen molar-refractivity contribution in [2.75, 3.05) is 20.2 Å². The van der Waals surface area contributed by atoms with Crippen molar-refractivity contribution in [2.24, 2.45) is 0 Å². The lowest BCUT2D eigenvalue weighted by Crippen LogP contribution is -2.48. The van der Waals surface area contributed by atoms with Crippen LogP contribution in [0.1, 0.15) is 30.9 Å². The number of amides is 1. The van der Waals surface area contributed by atoms with Crippen LogP contribution in [0.5, 0.6) is 0 Å². The fourth-order valence-corrected chi connectivity index (χ4v) is 3.50. The molecule has 2 fully saturated rings. The predicted octanol–water partition coefficient (Wildman–Crippen LogP) is 2.38. The van der Waals surface area contributed by atoms with Crippen LogP contribution in [0.2, 0.25) is 5.02 Å². The maximum atomic E-state index is 12.8. The molecule has 1 aromatic rings. The minimum atomic E-state index is -0.478. The number of methoxy groups -OCH3 is 1. The quantitative estimate of drug-likeness (QED) is 0.912. The molecule has 0 radical (unpaired) electrons. The molecule has 21 heavy (non-hydrogen) atoms. The summed E-state index contributed by atoms with van der Waals surface area (Å²) in [6, 6.07) is 7.81. The lowest BCUT2D eigenvalue weighted by atomic mass is 10.00. The number of hydrogen-bond donors (Lipinski definition) is 1. The molecule has 4 nitrogen and oxygen atoms in total. The molecule has 1 amide bonds. The van der Waals surface area contributed by atoms with E-state index in [1.165, 1.54) is 6.42 Å². The topological polar surface area (TPSA) is 41.6 Å². The monoisotopic (exact) mass is 308 g/mol. The Morgan fingerprint density at radius 3 is 2.76 bits per heavy atom. The third-order valence-electron chi connectivity index (χ3n) is 4.51. The summed E-state index contributed by atoms with van der Waals surface area (Å²) in [7, 11) is 1.61. The first-order valence-electron chi connectivity index (χ1n) is 7.53. The Hall–Kier alpha value is -1.10. The van der Waals surface area contributed by atoms with Crippen LogP contribution >= 0.6 is 11.6 Å². The summed E-state index contributed by atoms with van der Waals surface area (Å²) in [6.45, 7) is 1.66. The van der Waals surface area contributed by atoms with Gasteiger partial charge < -0.3 is 15.0 Å². The second kappa shape index (κ2) is 6.34. The fraction of sp³-hybridized carbons (Fsp3) is 0.562. The summed E-state index contributed by atoms with van der Waals surface area (Å²) < 4.78 is 5.54. The Morgan fingerprint density at radius 2 is 2.05 bits per heavy atom. The number of piperidine rings is 1. The molecule has 2 heterocycles. The average molecular weight is 309 g/mol.